The van der Waals surface area contributed by atoms with Crippen molar-refractivity contribution in [3.05, 3.63) is 29.3 Å². The van der Waals surface area contributed by atoms with Crippen molar-refractivity contribution in [1.82, 2.24) is 10.9 Å². The number of carbonyl (C=O) groups is 2. The summed E-state index contributed by atoms with van der Waals surface area (Å²) >= 11 is 0. The molecule has 3 atom stereocenters. The van der Waals surface area contributed by atoms with E-state index < -0.39 is 0 Å². The fraction of sp³-hybridized carbons (Fsp3) is 0.579. The largest absolute Gasteiger partial charge is 0.483 e. The van der Waals surface area contributed by atoms with Gasteiger partial charge in [0.05, 0.1) is 0 Å². The van der Waals surface area contributed by atoms with Crippen LogP contribution in [0, 0.1) is 31.6 Å². The fourth-order valence-corrected chi connectivity index (χ4v) is 4.26. The van der Waals surface area contributed by atoms with Crippen LogP contribution >= 0.6 is 0 Å². The van der Waals surface area contributed by atoms with Crippen molar-refractivity contribution in [2.24, 2.45) is 17.8 Å². The Morgan fingerprint density at radius 2 is 1.79 bits per heavy atom. The molecule has 0 aromatic heterocycles. The topological polar surface area (TPSA) is 67.4 Å². The van der Waals surface area contributed by atoms with Gasteiger partial charge in [0.25, 0.3) is 5.91 Å². The summed E-state index contributed by atoms with van der Waals surface area (Å²) in [6, 6.07) is 5.84. The molecule has 2 aliphatic rings. The van der Waals surface area contributed by atoms with E-state index >= 15 is 0 Å². The number of rotatable bonds is 5. The van der Waals surface area contributed by atoms with Gasteiger partial charge in [0.1, 0.15) is 5.75 Å². The van der Waals surface area contributed by atoms with Crippen LogP contribution in [0.15, 0.2) is 18.2 Å². The number of hydrazine groups is 1. The first-order valence-corrected chi connectivity index (χ1v) is 8.79. The minimum absolute atomic E-state index is 0.104. The van der Waals surface area contributed by atoms with Crippen molar-refractivity contribution in [2.45, 2.75) is 46.0 Å². The lowest BCUT2D eigenvalue weighted by molar-refractivity contribution is -0.130. The second-order valence-electron chi connectivity index (χ2n) is 7.25. The van der Waals surface area contributed by atoms with Crippen LogP contribution in [0.3, 0.4) is 0 Å². The fourth-order valence-electron chi connectivity index (χ4n) is 4.26. The van der Waals surface area contributed by atoms with Gasteiger partial charge in [-0.3, -0.25) is 20.4 Å². The number of fused-ring (bicyclic) bond motifs is 2. The van der Waals surface area contributed by atoms with Crippen molar-refractivity contribution in [2.75, 3.05) is 6.61 Å². The van der Waals surface area contributed by atoms with Crippen molar-refractivity contribution in [1.29, 1.82) is 0 Å². The molecule has 24 heavy (non-hydrogen) atoms. The first-order chi connectivity index (χ1) is 11.5. The molecule has 5 heteroatoms. The minimum Gasteiger partial charge on any atom is -0.483 e. The Hall–Kier alpha value is -2.04. The second-order valence-corrected chi connectivity index (χ2v) is 7.25. The van der Waals surface area contributed by atoms with Crippen molar-refractivity contribution < 1.29 is 14.3 Å². The van der Waals surface area contributed by atoms with E-state index in [1.807, 2.05) is 32.0 Å². The molecule has 2 N–H and O–H groups in total. The van der Waals surface area contributed by atoms with Gasteiger partial charge in [-0.15, -0.1) is 0 Å². The van der Waals surface area contributed by atoms with E-state index in [0.717, 1.165) is 22.8 Å². The Balaban J connectivity index is 1.38. The number of carbonyl (C=O) groups excluding carboxylic acids is 2. The molecule has 2 bridgehead atoms. The molecule has 5 nitrogen and oxygen atoms in total. The van der Waals surface area contributed by atoms with E-state index in [1.54, 1.807) is 0 Å². The lowest BCUT2D eigenvalue weighted by atomic mass is 9.86. The molecule has 3 rings (SSSR count). The summed E-state index contributed by atoms with van der Waals surface area (Å²) in [5.41, 5.74) is 6.94. The monoisotopic (exact) mass is 330 g/mol. The van der Waals surface area contributed by atoms with Crippen molar-refractivity contribution >= 4 is 11.8 Å². The van der Waals surface area contributed by atoms with E-state index in [-0.39, 0.29) is 18.4 Å². The molecule has 130 valence electrons. The van der Waals surface area contributed by atoms with Crippen LogP contribution in [0.4, 0.5) is 0 Å². The highest BCUT2D eigenvalue weighted by Gasteiger charge is 2.40. The average Bonchev–Trinajstić information content (AvgIpc) is 3.15. The third kappa shape index (κ3) is 3.89. The minimum atomic E-state index is -0.348. The second kappa shape index (κ2) is 7.24. The summed E-state index contributed by atoms with van der Waals surface area (Å²) in [4.78, 5) is 23.9. The summed E-state index contributed by atoms with van der Waals surface area (Å²) < 4.78 is 5.57. The van der Waals surface area contributed by atoms with Gasteiger partial charge >= 0.3 is 0 Å². The zero-order chi connectivity index (χ0) is 17.1. The van der Waals surface area contributed by atoms with Crippen LogP contribution < -0.4 is 15.6 Å². The van der Waals surface area contributed by atoms with Gasteiger partial charge in [0.15, 0.2) is 6.61 Å². The molecule has 2 saturated carbocycles. The molecule has 2 aliphatic carbocycles. The Labute approximate surface area is 143 Å². The Morgan fingerprint density at radius 1 is 1.08 bits per heavy atom. The zero-order valence-electron chi connectivity index (χ0n) is 14.4. The lowest BCUT2D eigenvalue weighted by Crippen LogP contribution is -2.44. The van der Waals surface area contributed by atoms with E-state index in [1.165, 1.54) is 25.7 Å². The number of ether oxygens (including phenoxy) is 1. The highest BCUT2D eigenvalue weighted by Crippen LogP contribution is 2.49. The molecule has 0 unspecified atom stereocenters. The van der Waals surface area contributed by atoms with Crippen LogP contribution in [0.1, 0.15) is 43.2 Å². The van der Waals surface area contributed by atoms with E-state index in [2.05, 4.69) is 10.9 Å². The average molecular weight is 330 g/mol. The predicted molar refractivity (Wildman–Crippen MR) is 91.3 cm³/mol. The van der Waals surface area contributed by atoms with E-state index in [4.69, 9.17) is 4.74 Å². The summed E-state index contributed by atoms with van der Waals surface area (Å²) in [7, 11) is 0. The smallest absolute Gasteiger partial charge is 0.276 e. The Morgan fingerprint density at radius 3 is 2.42 bits per heavy atom. The zero-order valence-corrected chi connectivity index (χ0v) is 14.4. The number of amides is 2. The van der Waals surface area contributed by atoms with E-state index in [0.29, 0.717) is 18.3 Å². The van der Waals surface area contributed by atoms with Crippen LogP contribution in [-0.2, 0) is 9.59 Å². The molecular formula is C19H26N2O3. The third-order valence-corrected chi connectivity index (χ3v) is 5.43. The van der Waals surface area contributed by atoms with Gasteiger partial charge in [-0.1, -0.05) is 24.6 Å². The van der Waals surface area contributed by atoms with Gasteiger partial charge in [0.2, 0.25) is 5.91 Å². The highest BCUT2D eigenvalue weighted by molar-refractivity contribution is 5.82. The predicted octanol–water partition coefficient (Wildman–Crippen LogP) is 2.66. The quantitative estimate of drug-likeness (QED) is 0.816. The van der Waals surface area contributed by atoms with Crippen LogP contribution in [0.25, 0.3) is 0 Å². The number of para-hydroxylation sites is 1. The molecule has 0 aliphatic heterocycles. The maximum atomic E-state index is 12.0. The Bertz CT molecular complexity index is 609. The number of nitrogens with one attached hydrogen (secondary N) is 2. The summed E-state index contributed by atoms with van der Waals surface area (Å²) in [5, 5.41) is 0. The normalized spacial score (nSPS) is 24.7. The molecule has 0 heterocycles. The summed E-state index contributed by atoms with van der Waals surface area (Å²) in [6.45, 7) is 3.77. The lowest BCUT2D eigenvalue weighted by Gasteiger charge is -2.21. The van der Waals surface area contributed by atoms with Crippen molar-refractivity contribution in [3.8, 4) is 5.75 Å². The number of aryl methyl sites for hydroxylation is 2. The van der Waals surface area contributed by atoms with Gasteiger partial charge in [0, 0.05) is 6.42 Å². The first-order valence-electron chi connectivity index (χ1n) is 8.79. The standard InChI is InChI=1S/C19H26N2O3/c1-12-4-3-5-13(2)19(12)24-11-18(23)21-20-17(22)10-16-9-14-6-7-15(16)8-14/h3-5,14-16H,6-11H2,1-2H3,(H,20,22)(H,21,23)/t14-,15+,16-/m0/s1. The molecule has 2 amide bonds. The van der Waals surface area contributed by atoms with Crippen molar-refractivity contribution in [3.63, 3.8) is 0 Å². The van der Waals surface area contributed by atoms with Crippen LogP contribution in [0.2, 0.25) is 0 Å². The van der Waals surface area contributed by atoms with Gasteiger partial charge in [-0.2, -0.15) is 0 Å². The molecule has 1 aromatic carbocycles. The molecule has 0 spiro atoms. The number of hydrogen-bond acceptors (Lipinski definition) is 3. The maximum absolute atomic E-state index is 12.0. The molecule has 0 saturated heterocycles. The SMILES string of the molecule is Cc1cccc(C)c1OCC(=O)NNC(=O)C[C@@H]1C[C@H]2CC[C@@H]1C2. The maximum Gasteiger partial charge on any atom is 0.276 e. The van der Waals surface area contributed by atoms with Gasteiger partial charge in [-0.25, -0.2) is 0 Å². The molecule has 1 aromatic rings. The van der Waals surface area contributed by atoms with E-state index in [9.17, 15) is 9.59 Å². The molecule has 2 fully saturated rings. The number of benzene rings is 1. The third-order valence-electron chi connectivity index (χ3n) is 5.43. The number of hydrogen-bond donors (Lipinski definition) is 2. The summed E-state index contributed by atoms with van der Waals surface area (Å²) in [6.07, 6.45) is 5.56. The molecule has 0 radical (unpaired) electrons. The summed E-state index contributed by atoms with van der Waals surface area (Å²) in [5.74, 6) is 2.30. The first kappa shape index (κ1) is 16.8. The van der Waals surface area contributed by atoms with Crippen LogP contribution in [-0.4, -0.2) is 18.4 Å². The van der Waals surface area contributed by atoms with Gasteiger partial charge < -0.3 is 4.74 Å². The van der Waals surface area contributed by atoms with Gasteiger partial charge in [-0.05, 0) is 62.0 Å². The molecular weight excluding hydrogens is 304 g/mol. The Kier molecular flexibility index (Phi) is 5.07. The highest BCUT2D eigenvalue weighted by atomic mass is 16.5. The van der Waals surface area contributed by atoms with Crippen LogP contribution in [0.5, 0.6) is 5.75 Å².